The lowest BCUT2D eigenvalue weighted by Crippen LogP contribution is -2.37. The lowest BCUT2D eigenvalue weighted by atomic mass is 9.93. The summed E-state index contributed by atoms with van der Waals surface area (Å²) in [6.45, 7) is 5.95. The summed E-state index contributed by atoms with van der Waals surface area (Å²) in [5.74, 6) is 1.33. The van der Waals surface area contributed by atoms with Crippen molar-refractivity contribution >= 4 is 18.3 Å². The molecule has 1 saturated carbocycles. The van der Waals surface area contributed by atoms with Crippen LogP contribution >= 0.6 is 12.4 Å². The largest absolute Gasteiger partial charge is 0.378 e. The van der Waals surface area contributed by atoms with Gasteiger partial charge in [-0.25, -0.2) is 0 Å². The van der Waals surface area contributed by atoms with Crippen LogP contribution in [0.15, 0.2) is 0 Å². The maximum absolute atomic E-state index is 12.0. The Morgan fingerprint density at radius 3 is 2.68 bits per heavy atom. The lowest BCUT2D eigenvalue weighted by molar-refractivity contribution is -0.125. The van der Waals surface area contributed by atoms with E-state index >= 15 is 0 Å². The number of amides is 1. The fourth-order valence-corrected chi connectivity index (χ4v) is 3.24. The predicted octanol–water partition coefficient (Wildman–Crippen LogP) is 1.71. The fraction of sp³-hybridized carbons (Fsp3) is 0.929. The Bertz CT molecular complexity index is 299. The van der Waals surface area contributed by atoms with Crippen molar-refractivity contribution in [2.75, 3.05) is 13.2 Å². The van der Waals surface area contributed by atoms with Crippen LogP contribution in [-0.4, -0.2) is 31.2 Å². The molecule has 19 heavy (non-hydrogen) atoms. The highest BCUT2D eigenvalue weighted by Crippen LogP contribution is 2.27. The number of hydrogen-bond acceptors (Lipinski definition) is 3. The van der Waals surface area contributed by atoms with E-state index in [0.29, 0.717) is 17.9 Å². The Morgan fingerprint density at radius 1 is 1.37 bits per heavy atom. The zero-order chi connectivity index (χ0) is 13.1. The SMILES string of the molecule is CC(C)C1OCCC1CNC(=O)C1CCC(N)C1.Cl. The van der Waals surface area contributed by atoms with Gasteiger partial charge < -0.3 is 15.8 Å². The van der Waals surface area contributed by atoms with Crippen LogP contribution in [0.4, 0.5) is 0 Å². The molecule has 1 aliphatic carbocycles. The van der Waals surface area contributed by atoms with Crippen molar-refractivity contribution in [3.05, 3.63) is 0 Å². The molecular formula is C14H27ClN2O2. The minimum absolute atomic E-state index is 0. The van der Waals surface area contributed by atoms with E-state index in [9.17, 15) is 4.79 Å². The van der Waals surface area contributed by atoms with Crippen LogP contribution in [0.5, 0.6) is 0 Å². The van der Waals surface area contributed by atoms with Crippen LogP contribution in [-0.2, 0) is 9.53 Å². The van der Waals surface area contributed by atoms with Crippen LogP contribution in [0.3, 0.4) is 0 Å². The zero-order valence-corrected chi connectivity index (χ0v) is 12.7. The van der Waals surface area contributed by atoms with Crippen LogP contribution in [0.1, 0.15) is 39.5 Å². The van der Waals surface area contributed by atoms with E-state index in [0.717, 1.165) is 38.8 Å². The Hall–Kier alpha value is -0.320. The second-order valence-electron chi connectivity index (χ2n) is 6.14. The molecule has 3 N–H and O–H groups in total. The second kappa shape index (κ2) is 7.46. The summed E-state index contributed by atoms with van der Waals surface area (Å²) in [5.41, 5.74) is 5.84. The molecule has 0 bridgehead atoms. The van der Waals surface area contributed by atoms with Gasteiger partial charge in [-0.2, -0.15) is 0 Å². The Kier molecular flexibility index (Phi) is 6.57. The maximum Gasteiger partial charge on any atom is 0.223 e. The first kappa shape index (κ1) is 16.7. The van der Waals surface area contributed by atoms with E-state index in [1.54, 1.807) is 0 Å². The number of nitrogens with two attached hydrogens (primary N) is 1. The molecule has 4 unspecified atom stereocenters. The van der Waals surface area contributed by atoms with Crippen molar-refractivity contribution in [1.29, 1.82) is 0 Å². The molecule has 1 amide bonds. The van der Waals surface area contributed by atoms with Crippen molar-refractivity contribution in [3.8, 4) is 0 Å². The molecule has 0 radical (unpaired) electrons. The number of rotatable bonds is 4. The van der Waals surface area contributed by atoms with Gasteiger partial charge in [0, 0.05) is 31.0 Å². The molecule has 1 heterocycles. The number of carbonyl (C=O) groups is 1. The molecule has 0 aromatic carbocycles. The molecule has 4 nitrogen and oxygen atoms in total. The molecular weight excluding hydrogens is 264 g/mol. The van der Waals surface area contributed by atoms with Crippen LogP contribution in [0.2, 0.25) is 0 Å². The van der Waals surface area contributed by atoms with Crippen molar-refractivity contribution in [2.45, 2.75) is 51.7 Å². The standard InChI is InChI=1S/C14H26N2O2.ClH/c1-9(2)13-11(5-6-18-13)8-16-14(17)10-3-4-12(15)7-10;/h9-13H,3-8,15H2,1-2H3,(H,16,17);1H. The van der Waals surface area contributed by atoms with Gasteiger partial charge in [-0.05, 0) is 31.6 Å². The summed E-state index contributed by atoms with van der Waals surface area (Å²) in [7, 11) is 0. The van der Waals surface area contributed by atoms with Crippen LogP contribution in [0, 0.1) is 17.8 Å². The lowest BCUT2D eigenvalue weighted by Gasteiger charge is -2.22. The fourth-order valence-electron chi connectivity index (χ4n) is 3.24. The normalized spacial score (nSPS) is 34.3. The third kappa shape index (κ3) is 4.33. The van der Waals surface area contributed by atoms with Crippen molar-refractivity contribution in [2.24, 2.45) is 23.5 Å². The van der Waals surface area contributed by atoms with Crippen LogP contribution < -0.4 is 11.1 Å². The average Bonchev–Trinajstić information content (AvgIpc) is 2.94. The van der Waals surface area contributed by atoms with Crippen molar-refractivity contribution in [1.82, 2.24) is 5.32 Å². The quantitative estimate of drug-likeness (QED) is 0.828. The molecule has 112 valence electrons. The summed E-state index contributed by atoms with van der Waals surface area (Å²) in [5, 5.41) is 3.10. The summed E-state index contributed by atoms with van der Waals surface area (Å²) in [4.78, 5) is 12.0. The summed E-state index contributed by atoms with van der Waals surface area (Å²) in [6.07, 6.45) is 4.14. The molecule has 0 aromatic rings. The van der Waals surface area contributed by atoms with E-state index in [1.807, 2.05) is 0 Å². The first-order valence-corrected chi connectivity index (χ1v) is 7.22. The smallest absolute Gasteiger partial charge is 0.223 e. The monoisotopic (exact) mass is 290 g/mol. The van der Waals surface area contributed by atoms with Gasteiger partial charge >= 0.3 is 0 Å². The van der Waals surface area contributed by atoms with Gasteiger partial charge in [-0.3, -0.25) is 4.79 Å². The highest BCUT2D eigenvalue weighted by Gasteiger charge is 2.32. The van der Waals surface area contributed by atoms with Gasteiger partial charge in [0.2, 0.25) is 5.91 Å². The molecule has 0 aromatic heterocycles. The Morgan fingerprint density at radius 2 is 2.11 bits per heavy atom. The van der Waals surface area contributed by atoms with Gasteiger partial charge in [0.25, 0.3) is 0 Å². The van der Waals surface area contributed by atoms with E-state index in [2.05, 4.69) is 19.2 Å². The number of halogens is 1. The Labute approximate surface area is 122 Å². The topological polar surface area (TPSA) is 64.3 Å². The first-order chi connectivity index (χ1) is 8.58. The summed E-state index contributed by atoms with van der Waals surface area (Å²) in [6, 6.07) is 0.221. The van der Waals surface area contributed by atoms with Crippen molar-refractivity contribution in [3.63, 3.8) is 0 Å². The third-order valence-electron chi connectivity index (χ3n) is 4.30. The molecule has 2 fully saturated rings. The molecule has 5 heteroatoms. The Balaban J connectivity index is 0.00000180. The van der Waals surface area contributed by atoms with Crippen LogP contribution in [0.25, 0.3) is 0 Å². The van der Waals surface area contributed by atoms with E-state index in [1.165, 1.54) is 0 Å². The zero-order valence-electron chi connectivity index (χ0n) is 11.9. The predicted molar refractivity (Wildman–Crippen MR) is 78.3 cm³/mol. The molecule has 2 aliphatic rings. The first-order valence-electron chi connectivity index (χ1n) is 7.22. The highest BCUT2D eigenvalue weighted by atomic mass is 35.5. The number of hydrogen-bond donors (Lipinski definition) is 2. The average molecular weight is 291 g/mol. The minimum atomic E-state index is 0. The maximum atomic E-state index is 12.0. The van der Waals surface area contributed by atoms with Gasteiger partial charge in [0.1, 0.15) is 0 Å². The second-order valence-corrected chi connectivity index (χ2v) is 6.14. The number of carbonyl (C=O) groups excluding carboxylic acids is 1. The van der Waals surface area contributed by atoms with Gasteiger partial charge in [0.15, 0.2) is 0 Å². The highest BCUT2D eigenvalue weighted by molar-refractivity contribution is 5.85. The summed E-state index contributed by atoms with van der Waals surface area (Å²) >= 11 is 0. The van der Waals surface area contributed by atoms with E-state index < -0.39 is 0 Å². The number of nitrogens with one attached hydrogen (secondary N) is 1. The number of ether oxygens (including phenoxy) is 1. The minimum Gasteiger partial charge on any atom is -0.378 e. The van der Waals surface area contributed by atoms with E-state index in [-0.39, 0.29) is 30.3 Å². The van der Waals surface area contributed by atoms with Gasteiger partial charge in [-0.1, -0.05) is 13.8 Å². The van der Waals surface area contributed by atoms with Gasteiger partial charge in [0.05, 0.1) is 6.10 Å². The third-order valence-corrected chi connectivity index (χ3v) is 4.30. The van der Waals surface area contributed by atoms with Gasteiger partial charge in [-0.15, -0.1) is 12.4 Å². The molecule has 1 aliphatic heterocycles. The molecule has 0 spiro atoms. The molecule has 2 rings (SSSR count). The van der Waals surface area contributed by atoms with E-state index in [4.69, 9.17) is 10.5 Å². The molecule has 1 saturated heterocycles. The summed E-state index contributed by atoms with van der Waals surface area (Å²) < 4.78 is 5.73. The van der Waals surface area contributed by atoms with Crippen molar-refractivity contribution < 1.29 is 9.53 Å². The molecule has 4 atom stereocenters.